The fourth-order valence-corrected chi connectivity index (χ4v) is 1.83. The van der Waals surface area contributed by atoms with E-state index in [4.69, 9.17) is 14.3 Å². The van der Waals surface area contributed by atoms with Crippen molar-refractivity contribution in [2.24, 2.45) is 5.41 Å². The molecule has 2 rings (SSSR count). The quantitative estimate of drug-likeness (QED) is 0.763. The third-order valence-corrected chi connectivity index (χ3v) is 3.25. The van der Waals surface area contributed by atoms with Crippen molar-refractivity contribution in [3.63, 3.8) is 0 Å². The van der Waals surface area contributed by atoms with E-state index >= 15 is 0 Å². The molecular formula is C12H17NO4. The lowest BCUT2D eigenvalue weighted by molar-refractivity contribution is 0.0663. The van der Waals surface area contributed by atoms with Gasteiger partial charge in [0.25, 0.3) is 0 Å². The molecule has 1 aliphatic rings. The van der Waals surface area contributed by atoms with Crippen molar-refractivity contribution in [2.45, 2.75) is 19.3 Å². The molecule has 0 aliphatic heterocycles. The first-order valence-corrected chi connectivity index (χ1v) is 5.71. The summed E-state index contributed by atoms with van der Waals surface area (Å²) in [5, 5.41) is 11.9. The van der Waals surface area contributed by atoms with Gasteiger partial charge in [-0.15, -0.1) is 0 Å². The molecule has 0 spiro atoms. The van der Waals surface area contributed by atoms with Crippen molar-refractivity contribution in [1.29, 1.82) is 0 Å². The van der Waals surface area contributed by atoms with Crippen molar-refractivity contribution in [2.75, 3.05) is 25.6 Å². The number of methoxy groups -OCH3 is 1. The van der Waals surface area contributed by atoms with Gasteiger partial charge in [-0.05, 0) is 30.7 Å². The van der Waals surface area contributed by atoms with Crippen LogP contribution in [0.5, 0.6) is 0 Å². The Morgan fingerprint density at radius 2 is 2.35 bits per heavy atom. The van der Waals surface area contributed by atoms with E-state index < -0.39 is 5.97 Å². The molecule has 17 heavy (non-hydrogen) atoms. The van der Waals surface area contributed by atoms with E-state index in [0.29, 0.717) is 11.3 Å². The summed E-state index contributed by atoms with van der Waals surface area (Å²) in [5.74, 6) is -0.557. The van der Waals surface area contributed by atoms with Crippen LogP contribution >= 0.6 is 0 Å². The van der Waals surface area contributed by atoms with E-state index in [9.17, 15) is 4.79 Å². The number of rotatable bonds is 7. The van der Waals surface area contributed by atoms with Gasteiger partial charge in [-0.1, -0.05) is 0 Å². The van der Waals surface area contributed by atoms with E-state index in [1.54, 1.807) is 13.2 Å². The molecule has 1 heterocycles. The number of carboxylic acids is 1. The Morgan fingerprint density at radius 3 is 2.88 bits per heavy atom. The summed E-state index contributed by atoms with van der Waals surface area (Å²) in [4.78, 5) is 10.6. The van der Waals surface area contributed by atoms with Crippen LogP contribution in [0, 0.1) is 5.41 Å². The lowest BCUT2D eigenvalue weighted by atomic mass is 10.0. The number of aromatic carboxylic acids is 1. The van der Waals surface area contributed by atoms with Gasteiger partial charge < -0.3 is 19.6 Å². The Bertz CT molecular complexity index is 395. The van der Waals surface area contributed by atoms with E-state index in [1.165, 1.54) is 18.9 Å². The normalized spacial score (nSPS) is 16.8. The van der Waals surface area contributed by atoms with Crippen molar-refractivity contribution >= 4 is 11.9 Å². The van der Waals surface area contributed by atoms with E-state index in [-0.39, 0.29) is 5.76 Å². The molecule has 1 saturated carbocycles. The van der Waals surface area contributed by atoms with Crippen LogP contribution in [0.3, 0.4) is 0 Å². The van der Waals surface area contributed by atoms with Crippen LogP contribution in [0.15, 0.2) is 16.5 Å². The van der Waals surface area contributed by atoms with Crippen LogP contribution in [0.4, 0.5) is 5.88 Å². The number of furan rings is 1. The van der Waals surface area contributed by atoms with E-state index in [1.807, 2.05) is 0 Å². The lowest BCUT2D eigenvalue weighted by Crippen LogP contribution is -2.16. The van der Waals surface area contributed by atoms with Gasteiger partial charge >= 0.3 is 5.97 Å². The minimum atomic E-state index is -1.04. The molecule has 0 bridgehead atoms. The summed E-state index contributed by atoms with van der Waals surface area (Å²) in [7, 11) is 1.70. The zero-order chi connectivity index (χ0) is 12.3. The standard InChI is InChI=1S/C12H17NO4/c1-16-7-6-12(4-5-12)8-13-10-3-2-9(17-10)11(14)15/h2-3,13H,4-8H2,1H3,(H,14,15). The van der Waals surface area contributed by atoms with Gasteiger partial charge in [0, 0.05) is 26.3 Å². The Hall–Kier alpha value is -1.49. The Balaban J connectivity index is 1.83. The number of hydrogen-bond acceptors (Lipinski definition) is 4. The maximum atomic E-state index is 10.6. The highest BCUT2D eigenvalue weighted by molar-refractivity contribution is 5.84. The molecule has 0 atom stereocenters. The monoisotopic (exact) mass is 239 g/mol. The average Bonchev–Trinajstić information content (AvgIpc) is 2.91. The summed E-state index contributed by atoms with van der Waals surface area (Å²) in [6, 6.07) is 3.11. The van der Waals surface area contributed by atoms with Gasteiger partial charge in [0.2, 0.25) is 5.76 Å². The topological polar surface area (TPSA) is 71.7 Å². The van der Waals surface area contributed by atoms with Crippen molar-refractivity contribution in [3.05, 3.63) is 17.9 Å². The van der Waals surface area contributed by atoms with Crippen LogP contribution in [-0.2, 0) is 4.74 Å². The van der Waals surface area contributed by atoms with Crippen LogP contribution in [0.2, 0.25) is 0 Å². The Morgan fingerprint density at radius 1 is 1.59 bits per heavy atom. The second-order valence-electron chi connectivity index (χ2n) is 4.57. The number of anilines is 1. The molecule has 0 saturated heterocycles. The van der Waals surface area contributed by atoms with Crippen molar-refractivity contribution in [3.8, 4) is 0 Å². The molecule has 5 heteroatoms. The molecule has 0 unspecified atom stereocenters. The predicted molar refractivity (Wildman–Crippen MR) is 62.3 cm³/mol. The number of carbonyl (C=O) groups is 1. The van der Waals surface area contributed by atoms with Gasteiger partial charge in [0.15, 0.2) is 5.88 Å². The molecular weight excluding hydrogens is 222 g/mol. The third-order valence-electron chi connectivity index (χ3n) is 3.25. The molecule has 1 aromatic rings. The molecule has 1 aliphatic carbocycles. The largest absolute Gasteiger partial charge is 0.475 e. The molecule has 1 aromatic heterocycles. The van der Waals surface area contributed by atoms with Crippen LogP contribution < -0.4 is 5.32 Å². The first kappa shape index (κ1) is 12.0. The summed E-state index contributed by atoms with van der Waals surface area (Å²) in [6.45, 7) is 1.57. The molecule has 0 amide bonds. The predicted octanol–water partition coefficient (Wildman–Crippen LogP) is 2.21. The van der Waals surface area contributed by atoms with E-state index in [0.717, 1.165) is 19.6 Å². The zero-order valence-corrected chi connectivity index (χ0v) is 9.86. The first-order chi connectivity index (χ1) is 8.15. The highest BCUT2D eigenvalue weighted by Gasteiger charge is 2.41. The second kappa shape index (κ2) is 4.79. The first-order valence-electron chi connectivity index (χ1n) is 5.71. The number of nitrogens with one attached hydrogen (secondary N) is 1. The number of ether oxygens (including phenoxy) is 1. The fraction of sp³-hybridized carbons (Fsp3) is 0.583. The van der Waals surface area contributed by atoms with Crippen molar-refractivity contribution < 1.29 is 19.1 Å². The molecule has 2 N–H and O–H groups in total. The van der Waals surface area contributed by atoms with Crippen LogP contribution in [-0.4, -0.2) is 31.3 Å². The molecule has 5 nitrogen and oxygen atoms in total. The minimum absolute atomic E-state index is 0.0331. The Kier molecular flexibility index (Phi) is 3.38. The molecule has 94 valence electrons. The number of carboxylic acid groups (broad SMARTS) is 1. The number of hydrogen-bond donors (Lipinski definition) is 2. The maximum absolute atomic E-state index is 10.6. The van der Waals surface area contributed by atoms with Crippen LogP contribution in [0.25, 0.3) is 0 Å². The van der Waals surface area contributed by atoms with Crippen molar-refractivity contribution in [1.82, 2.24) is 0 Å². The second-order valence-corrected chi connectivity index (χ2v) is 4.57. The highest BCUT2D eigenvalue weighted by atomic mass is 16.5. The summed E-state index contributed by atoms with van der Waals surface area (Å²) in [5.41, 5.74) is 0.312. The molecule has 1 fully saturated rings. The lowest BCUT2D eigenvalue weighted by Gasteiger charge is -2.14. The zero-order valence-electron chi connectivity index (χ0n) is 9.86. The summed E-state index contributed by atoms with van der Waals surface area (Å²) < 4.78 is 10.2. The van der Waals surface area contributed by atoms with E-state index in [2.05, 4.69) is 5.32 Å². The van der Waals surface area contributed by atoms with Gasteiger partial charge in [-0.3, -0.25) is 0 Å². The van der Waals surface area contributed by atoms with Crippen LogP contribution in [0.1, 0.15) is 29.8 Å². The maximum Gasteiger partial charge on any atom is 0.371 e. The molecule has 0 aromatic carbocycles. The third kappa shape index (κ3) is 3.00. The highest BCUT2D eigenvalue weighted by Crippen LogP contribution is 2.48. The van der Waals surface area contributed by atoms with Gasteiger partial charge in [0.1, 0.15) is 0 Å². The average molecular weight is 239 g/mol. The Labute approximate surface area is 99.8 Å². The van der Waals surface area contributed by atoms with Gasteiger partial charge in [-0.25, -0.2) is 4.79 Å². The SMILES string of the molecule is COCCC1(CNc2ccc(C(=O)O)o2)CC1. The molecule has 0 radical (unpaired) electrons. The van der Waals surface area contributed by atoms with Gasteiger partial charge in [-0.2, -0.15) is 0 Å². The summed E-state index contributed by atoms with van der Waals surface area (Å²) >= 11 is 0. The fourth-order valence-electron chi connectivity index (χ4n) is 1.83. The minimum Gasteiger partial charge on any atom is -0.475 e. The van der Waals surface area contributed by atoms with Gasteiger partial charge in [0.05, 0.1) is 0 Å². The summed E-state index contributed by atoms with van der Waals surface area (Å²) in [6.07, 6.45) is 3.41. The smallest absolute Gasteiger partial charge is 0.371 e.